The minimum absolute atomic E-state index is 0.127. The van der Waals surface area contributed by atoms with Gasteiger partial charge < -0.3 is 10.2 Å². The maximum Gasteiger partial charge on any atom is 0.261 e. The molecule has 7 heteroatoms. The zero-order chi connectivity index (χ0) is 21.7. The molecule has 162 valence electrons. The standard InChI is InChI=1S/C23H31N3O3S/c1-17(2)26-14-6-8-19(16-26)15-24-23(27)20-10-12-21(13-11-20)30(28,29)25-22-9-5-4-7-18(22)3/h4-5,7,9-13,17,19,25H,6,8,14-16H2,1-3H3,(H,24,27). The molecule has 2 aromatic carbocycles. The monoisotopic (exact) mass is 429 g/mol. The van der Waals surface area contributed by atoms with Crippen LogP contribution in [0.4, 0.5) is 5.69 Å². The fourth-order valence-corrected chi connectivity index (χ4v) is 4.88. The van der Waals surface area contributed by atoms with E-state index in [2.05, 4.69) is 28.8 Å². The average molecular weight is 430 g/mol. The molecule has 0 spiro atoms. The van der Waals surface area contributed by atoms with Crippen molar-refractivity contribution in [2.45, 2.75) is 44.6 Å². The summed E-state index contributed by atoms with van der Waals surface area (Å²) in [5.41, 5.74) is 1.85. The van der Waals surface area contributed by atoms with E-state index in [1.54, 1.807) is 24.3 Å². The molecule has 6 nitrogen and oxygen atoms in total. The third-order valence-electron chi connectivity index (χ3n) is 5.65. The number of sulfonamides is 1. The van der Waals surface area contributed by atoms with Crippen LogP contribution in [0.2, 0.25) is 0 Å². The van der Waals surface area contributed by atoms with Gasteiger partial charge in [-0.3, -0.25) is 9.52 Å². The van der Waals surface area contributed by atoms with Gasteiger partial charge in [0, 0.05) is 24.7 Å². The molecule has 0 aromatic heterocycles. The van der Waals surface area contributed by atoms with Crippen LogP contribution in [-0.4, -0.2) is 44.9 Å². The molecule has 1 amide bonds. The van der Waals surface area contributed by atoms with E-state index in [1.807, 2.05) is 19.1 Å². The lowest BCUT2D eigenvalue weighted by atomic mass is 9.97. The minimum atomic E-state index is -3.71. The average Bonchev–Trinajstić information content (AvgIpc) is 2.74. The molecule has 1 aliphatic rings. The van der Waals surface area contributed by atoms with Crippen molar-refractivity contribution in [3.8, 4) is 0 Å². The van der Waals surface area contributed by atoms with E-state index in [1.165, 1.54) is 12.1 Å². The molecule has 1 unspecified atom stereocenters. The summed E-state index contributed by atoms with van der Waals surface area (Å²) in [6, 6.07) is 13.8. The quantitative estimate of drug-likeness (QED) is 0.704. The first-order chi connectivity index (χ1) is 14.3. The van der Waals surface area contributed by atoms with Gasteiger partial charge in [-0.2, -0.15) is 0 Å². The van der Waals surface area contributed by atoms with Crippen LogP contribution in [-0.2, 0) is 10.0 Å². The number of para-hydroxylation sites is 1. The molecule has 1 fully saturated rings. The van der Waals surface area contributed by atoms with Crippen LogP contribution in [0.15, 0.2) is 53.4 Å². The van der Waals surface area contributed by atoms with Crippen molar-refractivity contribution < 1.29 is 13.2 Å². The van der Waals surface area contributed by atoms with Gasteiger partial charge in [-0.1, -0.05) is 18.2 Å². The summed E-state index contributed by atoms with van der Waals surface area (Å²) in [6.07, 6.45) is 2.27. The first-order valence-corrected chi connectivity index (χ1v) is 12.0. The van der Waals surface area contributed by atoms with Crippen molar-refractivity contribution in [1.29, 1.82) is 0 Å². The van der Waals surface area contributed by atoms with Crippen LogP contribution in [0.3, 0.4) is 0 Å². The van der Waals surface area contributed by atoms with Gasteiger partial charge >= 0.3 is 0 Å². The van der Waals surface area contributed by atoms with Gasteiger partial charge in [-0.15, -0.1) is 0 Å². The predicted octanol–water partition coefficient (Wildman–Crippen LogP) is 3.65. The Bertz CT molecular complexity index is 971. The van der Waals surface area contributed by atoms with Crippen LogP contribution in [0.5, 0.6) is 0 Å². The zero-order valence-corrected chi connectivity index (χ0v) is 18.7. The number of aryl methyl sites for hydroxylation is 1. The van der Waals surface area contributed by atoms with E-state index in [-0.39, 0.29) is 10.8 Å². The van der Waals surface area contributed by atoms with Crippen molar-refractivity contribution in [2.24, 2.45) is 5.92 Å². The number of carbonyl (C=O) groups is 1. The maximum absolute atomic E-state index is 12.6. The lowest BCUT2D eigenvalue weighted by molar-refractivity contribution is 0.0922. The molecule has 2 N–H and O–H groups in total. The fourth-order valence-electron chi connectivity index (χ4n) is 3.75. The van der Waals surface area contributed by atoms with Crippen molar-refractivity contribution in [2.75, 3.05) is 24.4 Å². The third-order valence-corrected chi connectivity index (χ3v) is 7.03. The molecule has 1 saturated heterocycles. The molecule has 0 aliphatic carbocycles. The number of likely N-dealkylation sites (tertiary alicyclic amines) is 1. The number of benzene rings is 2. The van der Waals surface area contributed by atoms with Crippen molar-refractivity contribution in [3.63, 3.8) is 0 Å². The topological polar surface area (TPSA) is 78.5 Å². The van der Waals surface area contributed by atoms with E-state index in [9.17, 15) is 13.2 Å². The molecule has 1 heterocycles. The SMILES string of the molecule is Cc1ccccc1NS(=O)(=O)c1ccc(C(=O)NCC2CCCN(C(C)C)C2)cc1. The summed E-state index contributed by atoms with van der Waals surface area (Å²) in [4.78, 5) is 15.1. The molecule has 3 rings (SSSR count). The van der Waals surface area contributed by atoms with Crippen LogP contribution in [0, 0.1) is 12.8 Å². The Morgan fingerprint density at radius 2 is 1.83 bits per heavy atom. The van der Waals surface area contributed by atoms with E-state index in [0.717, 1.165) is 31.5 Å². The fraction of sp³-hybridized carbons (Fsp3) is 0.435. The van der Waals surface area contributed by atoms with Gasteiger partial charge in [0.2, 0.25) is 0 Å². The van der Waals surface area contributed by atoms with Gasteiger partial charge in [-0.25, -0.2) is 8.42 Å². The molecule has 30 heavy (non-hydrogen) atoms. The van der Waals surface area contributed by atoms with E-state index in [4.69, 9.17) is 0 Å². The lowest BCUT2D eigenvalue weighted by Gasteiger charge is -2.35. The van der Waals surface area contributed by atoms with Gasteiger partial charge in [0.15, 0.2) is 0 Å². The highest BCUT2D eigenvalue weighted by Crippen LogP contribution is 2.20. The lowest BCUT2D eigenvalue weighted by Crippen LogP contribution is -2.43. The number of nitrogens with zero attached hydrogens (tertiary/aromatic N) is 1. The summed E-state index contributed by atoms with van der Waals surface area (Å²) in [6.45, 7) is 9.00. The number of nitrogens with one attached hydrogen (secondary N) is 2. The number of hydrogen-bond acceptors (Lipinski definition) is 4. The summed E-state index contributed by atoms with van der Waals surface area (Å²) in [7, 11) is -3.71. The summed E-state index contributed by atoms with van der Waals surface area (Å²) in [5, 5.41) is 3.00. The van der Waals surface area contributed by atoms with Crippen molar-refractivity contribution in [3.05, 3.63) is 59.7 Å². The number of piperidine rings is 1. The number of carbonyl (C=O) groups excluding carboxylic acids is 1. The van der Waals surface area contributed by atoms with E-state index >= 15 is 0 Å². The second-order valence-corrected chi connectivity index (χ2v) is 9.93. The van der Waals surface area contributed by atoms with E-state index < -0.39 is 10.0 Å². The van der Waals surface area contributed by atoms with Crippen LogP contribution in [0.1, 0.15) is 42.6 Å². The summed E-state index contributed by atoms with van der Waals surface area (Å²) < 4.78 is 27.9. The molecular weight excluding hydrogens is 398 g/mol. The second kappa shape index (κ2) is 9.62. The molecule has 1 atom stereocenters. The van der Waals surface area contributed by atoms with Gasteiger partial charge in [0.1, 0.15) is 0 Å². The second-order valence-electron chi connectivity index (χ2n) is 8.25. The molecule has 1 aliphatic heterocycles. The highest BCUT2D eigenvalue weighted by molar-refractivity contribution is 7.92. The van der Waals surface area contributed by atoms with Gasteiger partial charge in [-0.05, 0) is 82.0 Å². The predicted molar refractivity (Wildman–Crippen MR) is 120 cm³/mol. The number of hydrogen-bond donors (Lipinski definition) is 2. The van der Waals surface area contributed by atoms with Gasteiger partial charge in [0.25, 0.3) is 15.9 Å². The van der Waals surface area contributed by atoms with Gasteiger partial charge in [0.05, 0.1) is 10.6 Å². The van der Waals surface area contributed by atoms with E-state index in [0.29, 0.717) is 29.8 Å². The highest BCUT2D eigenvalue weighted by Gasteiger charge is 2.22. The normalized spacial score (nSPS) is 17.7. The Labute approximate surface area is 179 Å². The zero-order valence-electron chi connectivity index (χ0n) is 17.9. The third kappa shape index (κ3) is 5.61. The molecule has 0 radical (unpaired) electrons. The maximum atomic E-state index is 12.6. The summed E-state index contributed by atoms with van der Waals surface area (Å²) >= 11 is 0. The first kappa shape index (κ1) is 22.3. The number of anilines is 1. The van der Waals surface area contributed by atoms with Crippen LogP contribution >= 0.6 is 0 Å². The summed E-state index contributed by atoms with van der Waals surface area (Å²) in [5.74, 6) is 0.274. The molecule has 0 saturated carbocycles. The van der Waals surface area contributed by atoms with Crippen molar-refractivity contribution >= 4 is 21.6 Å². The van der Waals surface area contributed by atoms with Crippen LogP contribution in [0.25, 0.3) is 0 Å². The largest absolute Gasteiger partial charge is 0.352 e. The van der Waals surface area contributed by atoms with Crippen molar-refractivity contribution in [1.82, 2.24) is 10.2 Å². The minimum Gasteiger partial charge on any atom is -0.352 e. The van der Waals surface area contributed by atoms with Crippen LogP contribution < -0.4 is 10.0 Å². The Morgan fingerprint density at radius 1 is 1.13 bits per heavy atom. The molecular formula is C23H31N3O3S. The Hall–Kier alpha value is -2.38. The number of rotatable bonds is 7. The first-order valence-electron chi connectivity index (χ1n) is 10.5. The molecule has 2 aromatic rings. The Balaban J connectivity index is 1.59. The number of amides is 1. The Kier molecular flexibility index (Phi) is 7.15. The smallest absolute Gasteiger partial charge is 0.261 e. The Morgan fingerprint density at radius 3 is 2.50 bits per heavy atom. The highest BCUT2D eigenvalue weighted by atomic mass is 32.2. The molecule has 0 bridgehead atoms.